The maximum atomic E-state index is 11.8. The molecule has 2 atom stereocenters. The second-order valence-corrected chi connectivity index (χ2v) is 6.73. The van der Waals surface area contributed by atoms with Crippen molar-refractivity contribution in [1.82, 2.24) is 5.32 Å². The normalized spacial score (nSPS) is 14.1. The van der Waals surface area contributed by atoms with Gasteiger partial charge in [-0.15, -0.1) is 10.6 Å². The molecule has 0 saturated carbocycles. The second-order valence-electron chi connectivity index (χ2n) is 3.82. The first-order valence-corrected chi connectivity index (χ1v) is 9.58. The van der Waals surface area contributed by atoms with Crippen molar-refractivity contribution < 1.29 is 13.8 Å². The summed E-state index contributed by atoms with van der Waals surface area (Å²) >= 11 is 3.09. The highest BCUT2D eigenvalue weighted by molar-refractivity contribution is 7.98. The molecular formula is C10H20N3O3S3-. The Hall–Kier alpha value is -0.250. The monoisotopic (exact) mass is 326 g/mol. The Morgan fingerprint density at radius 3 is 2.26 bits per heavy atom. The third-order valence-electron chi connectivity index (χ3n) is 2.36. The van der Waals surface area contributed by atoms with Crippen LogP contribution in [-0.4, -0.2) is 47.1 Å². The highest BCUT2D eigenvalue weighted by Gasteiger charge is 2.20. The van der Waals surface area contributed by atoms with Crippen LogP contribution in [0.15, 0.2) is 0 Å². The van der Waals surface area contributed by atoms with Gasteiger partial charge in [-0.05, 0) is 36.9 Å². The Labute approximate surface area is 124 Å². The number of carbonyl (C=O) groups excluding carboxylic acids is 2. The van der Waals surface area contributed by atoms with E-state index in [4.69, 9.17) is 10.5 Å². The molecule has 0 heterocycles. The number of hydrogen-bond donors (Lipinski definition) is 3. The van der Waals surface area contributed by atoms with Crippen LogP contribution in [0, 0.1) is 4.78 Å². The lowest BCUT2D eigenvalue weighted by atomic mass is 10.2. The highest BCUT2D eigenvalue weighted by atomic mass is 32.2. The number of amides is 1. The lowest BCUT2D eigenvalue weighted by molar-refractivity contribution is -0.125. The lowest BCUT2D eigenvalue weighted by Crippen LogP contribution is -2.49. The van der Waals surface area contributed by atoms with Crippen molar-refractivity contribution in [3.8, 4) is 0 Å². The van der Waals surface area contributed by atoms with Crippen LogP contribution in [0.5, 0.6) is 0 Å². The maximum Gasteiger partial charge on any atom is 0.237 e. The van der Waals surface area contributed by atoms with Gasteiger partial charge in [0.05, 0.1) is 12.1 Å². The van der Waals surface area contributed by atoms with Gasteiger partial charge in [0.1, 0.15) is 5.12 Å². The molecule has 0 aliphatic carbocycles. The number of thioether (sulfide) groups is 2. The fourth-order valence-electron chi connectivity index (χ4n) is 1.27. The lowest BCUT2D eigenvalue weighted by Gasteiger charge is -2.21. The standard InChI is InChI=1S/C10H20N3O3S3/c1-17-5-3-7(11)9(14)13-8(4-6-18-2)10(15)19(12)16/h7-8,12H,3-6,11H2,1-2H3,(H,13,14)/q-1/t7-,8-/m0/s1. The summed E-state index contributed by atoms with van der Waals surface area (Å²) < 4.78 is 17.8. The van der Waals surface area contributed by atoms with Crippen LogP contribution in [0.4, 0.5) is 0 Å². The van der Waals surface area contributed by atoms with Crippen LogP contribution in [-0.2, 0) is 24.4 Å². The van der Waals surface area contributed by atoms with Crippen molar-refractivity contribution >= 4 is 45.1 Å². The molecule has 0 rings (SSSR count). The first-order valence-electron chi connectivity index (χ1n) is 5.64. The summed E-state index contributed by atoms with van der Waals surface area (Å²) in [4.78, 5) is 23.3. The van der Waals surface area contributed by atoms with Crippen LogP contribution in [0.3, 0.4) is 0 Å². The predicted octanol–water partition coefficient (Wildman–Crippen LogP) is 0.557. The molecule has 0 radical (unpaired) electrons. The van der Waals surface area contributed by atoms with Gasteiger partial charge in [0.25, 0.3) is 0 Å². The van der Waals surface area contributed by atoms with Crippen molar-refractivity contribution in [2.75, 3.05) is 24.0 Å². The Morgan fingerprint density at radius 1 is 1.26 bits per heavy atom. The van der Waals surface area contributed by atoms with Crippen LogP contribution >= 0.6 is 23.5 Å². The molecule has 4 N–H and O–H groups in total. The van der Waals surface area contributed by atoms with E-state index in [9.17, 15) is 13.8 Å². The summed E-state index contributed by atoms with van der Waals surface area (Å²) in [7, 11) is -2.34. The number of hydrogen-bond acceptors (Lipinski definition) is 8. The van der Waals surface area contributed by atoms with E-state index >= 15 is 0 Å². The number of rotatable bonds is 9. The molecule has 0 aliphatic heterocycles. The maximum absolute atomic E-state index is 11.8. The van der Waals surface area contributed by atoms with Crippen LogP contribution < -0.4 is 11.1 Å². The Balaban J connectivity index is 4.53. The van der Waals surface area contributed by atoms with E-state index in [-0.39, 0.29) is 0 Å². The van der Waals surface area contributed by atoms with Gasteiger partial charge < -0.3 is 24.8 Å². The fraction of sp³-hybridized carbons (Fsp3) is 0.800. The zero-order chi connectivity index (χ0) is 14.8. The zero-order valence-corrected chi connectivity index (χ0v) is 13.5. The smallest absolute Gasteiger partial charge is 0.237 e. The number of nitrogens with one attached hydrogen (secondary N) is 2. The SMILES string of the molecule is CSCC[C@H](NC(=O)[C@@H](N)CCSC)C(=O)[S-](=N)=O. The molecule has 0 aliphatic rings. The molecule has 0 fully saturated rings. The first-order chi connectivity index (χ1) is 8.93. The average molecular weight is 326 g/mol. The van der Waals surface area contributed by atoms with E-state index in [1.807, 2.05) is 12.5 Å². The van der Waals surface area contributed by atoms with E-state index in [1.165, 1.54) is 11.8 Å². The molecule has 0 bridgehead atoms. The number of carbonyl (C=O) groups is 2. The third kappa shape index (κ3) is 7.81. The molecule has 112 valence electrons. The van der Waals surface area contributed by atoms with Gasteiger partial charge in [0.2, 0.25) is 5.91 Å². The summed E-state index contributed by atoms with van der Waals surface area (Å²) in [6, 6.07) is -1.57. The largest absolute Gasteiger partial charge is 0.438 e. The van der Waals surface area contributed by atoms with Gasteiger partial charge in [-0.3, -0.25) is 4.79 Å². The van der Waals surface area contributed by atoms with Crippen LogP contribution in [0.1, 0.15) is 12.8 Å². The quantitative estimate of drug-likeness (QED) is 0.534. The molecule has 0 aromatic carbocycles. The van der Waals surface area contributed by atoms with E-state index in [2.05, 4.69) is 5.32 Å². The molecule has 19 heavy (non-hydrogen) atoms. The fourth-order valence-corrected chi connectivity index (χ4v) is 2.66. The number of nitrogens with two attached hydrogens (primary N) is 1. The van der Waals surface area contributed by atoms with Crippen molar-refractivity contribution in [3.63, 3.8) is 0 Å². The molecule has 0 aromatic heterocycles. The second kappa shape index (κ2) is 10.5. The molecule has 1 amide bonds. The topological polar surface area (TPSA) is 113 Å². The summed E-state index contributed by atoms with van der Waals surface area (Å²) in [6.45, 7) is 0. The van der Waals surface area contributed by atoms with Gasteiger partial charge in [0.15, 0.2) is 0 Å². The van der Waals surface area contributed by atoms with Gasteiger partial charge >= 0.3 is 0 Å². The molecule has 6 nitrogen and oxygen atoms in total. The molecule has 0 saturated heterocycles. The van der Waals surface area contributed by atoms with Crippen LogP contribution in [0.2, 0.25) is 0 Å². The van der Waals surface area contributed by atoms with Gasteiger partial charge in [0, 0.05) is 0 Å². The van der Waals surface area contributed by atoms with Crippen molar-refractivity contribution in [1.29, 1.82) is 4.78 Å². The van der Waals surface area contributed by atoms with Gasteiger partial charge in [-0.25, -0.2) is 0 Å². The highest BCUT2D eigenvalue weighted by Crippen LogP contribution is 2.04. The molecule has 9 heteroatoms. The van der Waals surface area contributed by atoms with Gasteiger partial charge in [-0.1, -0.05) is 0 Å². The minimum atomic E-state index is -2.34. The summed E-state index contributed by atoms with van der Waals surface area (Å²) in [6.07, 6.45) is 4.65. The Kier molecular flexibility index (Phi) is 10.4. The van der Waals surface area contributed by atoms with Crippen LogP contribution in [0.25, 0.3) is 0 Å². The zero-order valence-electron chi connectivity index (χ0n) is 11.0. The van der Waals surface area contributed by atoms with Crippen molar-refractivity contribution in [3.05, 3.63) is 0 Å². The van der Waals surface area contributed by atoms with Crippen molar-refractivity contribution in [2.45, 2.75) is 24.9 Å². The van der Waals surface area contributed by atoms with E-state index in [0.29, 0.717) is 18.6 Å². The first kappa shape index (κ1) is 18.8. The predicted molar refractivity (Wildman–Crippen MR) is 81.7 cm³/mol. The minimum absolute atomic E-state index is 0.353. The molecule has 0 unspecified atom stereocenters. The van der Waals surface area contributed by atoms with E-state index < -0.39 is 33.7 Å². The average Bonchev–Trinajstić information content (AvgIpc) is 2.39. The van der Waals surface area contributed by atoms with Gasteiger partial charge in [-0.2, -0.15) is 23.5 Å². The summed E-state index contributed by atoms with van der Waals surface area (Å²) in [5.74, 6) is 0.954. The summed E-state index contributed by atoms with van der Waals surface area (Å²) in [5.41, 5.74) is 5.69. The third-order valence-corrected chi connectivity index (χ3v) is 4.30. The van der Waals surface area contributed by atoms with Crippen molar-refractivity contribution in [2.24, 2.45) is 5.73 Å². The Morgan fingerprint density at radius 2 is 1.79 bits per heavy atom. The Bertz CT molecular complexity index is 366. The summed E-state index contributed by atoms with van der Waals surface area (Å²) in [5, 5.41) is 1.71. The minimum Gasteiger partial charge on any atom is -0.438 e. The molecule has 0 aromatic rings. The molecule has 0 spiro atoms. The van der Waals surface area contributed by atoms with E-state index in [1.54, 1.807) is 11.8 Å². The van der Waals surface area contributed by atoms with E-state index in [0.717, 1.165) is 5.75 Å². The molecular weight excluding hydrogens is 306 g/mol.